The molecule has 0 bridgehead atoms. The first-order valence-corrected chi connectivity index (χ1v) is 9.84. The first-order valence-electron chi connectivity index (χ1n) is 7.13. The number of nitrogens with two attached hydrogens (primary N) is 1. The molecule has 2 rings (SSSR count). The maximum Gasteiger partial charge on any atom is 0.224 e. The van der Waals surface area contributed by atoms with Crippen LogP contribution in [0.5, 0.6) is 0 Å². The minimum atomic E-state index is 0.0817. The van der Waals surface area contributed by atoms with E-state index in [9.17, 15) is 4.79 Å². The number of alkyl halides is 1. The smallest absolute Gasteiger partial charge is 0.224 e. The van der Waals surface area contributed by atoms with E-state index in [-0.39, 0.29) is 5.91 Å². The number of anilines is 2. The average Bonchev–Trinajstić information content (AvgIpc) is 2.53. The van der Waals surface area contributed by atoms with Crippen molar-refractivity contribution in [3.63, 3.8) is 0 Å². The fourth-order valence-electron chi connectivity index (χ4n) is 1.60. The van der Waals surface area contributed by atoms with Gasteiger partial charge in [0, 0.05) is 32.1 Å². The third kappa shape index (κ3) is 9.79. The fourth-order valence-corrected chi connectivity index (χ4v) is 2.52. The first kappa shape index (κ1) is 20.2. The molecule has 0 aliphatic rings. The van der Waals surface area contributed by atoms with Gasteiger partial charge in [-0.05, 0) is 61.4 Å². The van der Waals surface area contributed by atoms with Crippen LogP contribution in [0.1, 0.15) is 19.3 Å². The van der Waals surface area contributed by atoms with Crippen LogP contribution in [0.15, 0.2) is 57.5 Å². The fraction of sp³-hybridized carbons (Fsp3) is 0.235. The lowest BCUT2D eigenvalue weighted by Crippen LogP contribution is -2.10. The number of rotatable bonds is 5. The molecular weight excluding hydrogens is 488 g/mol. The second-order valence-electron chi connectivity index (χ2n) is 4.75. The summed E-state index contributed by atoms with van der Waals surface area (Å²) in [6, 6.07) is 15.1. The summed E-state index contributed by atoms with van der Waals surface area (Å²) in [6.45, 7) is 0. The molecule has 0 aromatic heterocycles. The molecule has 0 heterocycles. The van der Waals surface area contributed by atoms with Crippen molar-refractivity contribution >= 4 is 65.1 Å². The van der Waals surface area contributed by atoms with E-state index in [0.717, 1.165) is 38.5 Å². The summed E-state index contributed by atoms with van der Waals surface area (Å²) in [5, 5.41) is 3.81. The van der Waals surface area contributed by atoms with Gasteiger partial charge in [0.2, 0.25) is 5.91 Å². The van der Waals surface area contributed by atoms with Crippen molar-refractivity contribution in [3.05, 3.63) is 57.5 Å². The number of unbranched alkanes of at least 4 members (excludes halogenated alkanes) is 1. The molecule has 0 atom stereocenters. The molecule has 3 nitrogen and oxygen atoms in total. The van der Waals surface area contributed by atoms with Gasteiger partial charge in [-0.3, -0.25) is 4.79 Å². The van der Waals surface area contributed by atoms with Gasteiger partial charge in [-0.1, -0.05) is 47.8 Å². The van der Waals surface area contributed by atoms with Gasteiger partial charge in [0.05, 0.1) is 0 Å². The number of carbonyl (C=O) groups is 1. The second kappa shape index (κ2) is 11.6. The van der Waals surface area contributed by atoms with Gasteiger partial charge in [-0.25, -0.2) is 0 Å². The predicted octanol–water partition coefficient (Wildman–Crippen LogP) is 5.98. The quantitative estimate of drug-likeness (QED) is 0.297. The second-order valence-corrected chi connectivity index (χ2v) is 7.38. The number of nitrogens with one attached hydrogen (secondary N) is 1. The topological polar surface area (TPSA) is 55.1 Å². The Hall–Kier alpha value is -0.850. The lowest BCUT2D eigenvalue weighted by molar-refractivity contribution is -0.116. The Bertz CT molecular complexity index is 565. The van der Waals surface area contributed by atoms with Crippen LogP contribution in [0.4, 0.5) is 11.4 Å². The molecule has 0 spiro atoms. The van der Waals surface area contributed by atoms with Crippen molar-refractivity contribution in [2.24, 2.45) is 0 Å². The van der Waals surface area contributed by atoms with Crippen molar-refractivity contribution in [1.29, 1.82) is 0 Å². The Balaban J connectivity index is 0.000000277. The van der Waals surface area contributed by atoms with Crippen molar-refractivity contribution < 1.29 is 4.79 Å². The number of carbonyl (C=O) groups excluding carboxylic acids is 1. The molecule has 0 unspecified atom stereocenters. The molecule has 3 N–H and O–H groups in total. The highest BCUT2D eigenvalue weighted by molar-refractivity contribution is 9.10. The third-order valence-electron chi connectivity index (χ3n) is 2.79. The largest absolute Gasteiger partial charge is 0.399 e. The highest BCUT2D eigenvalue weighted by Gasteiger charge is 2.01. The van der Waals surface area contributed by atoms with Crippen LogP contribution < -0.4 is 11.1 Å². The molecule has 2 aromatic carbocycles. The number of hydrogen-bond acceptors (Lipinski definition) is 2. The standard InChI is InChI=1S/C11H13Br2NO.C6H6BrN/c12-8-2-1-3-11(15)14-10-6-4-9(13)5-7-10;7-5-1-3-6(8)4-2-5/h4-7H,1-3,8H2,(H,14,15);1-4H,8H2. The van der Waals surface area contributed by atoms with Crippen LogP contribution >= 0.6 is 47.8 Å². The molecule has 0 fully saturated rings. The Morgan fingerprint density at radius 3 is 1.91 bits per heavy atom. The molecule has 124 valence electrons. The summed E-state index contributed by atoms with van der Waals surface area (Å²) in [6.07, 6.45) is 2.54. The van der Waals surface area contributed by atoms with Gasteiger partial charge in [0.1, 0.15) is 0 Å². The number of amides is 1. The lowest BCUT2D eigenvalue weighted by Gasteiger charge is -2.04. The third-order valence-corrected chi connectivity index (χ3v) is 4.40. The molecule has 0 saturated carbocycles. The van der Waals surface area contributed by atoms with Gasteiger partial charge in [0.25, 0.3) is 0 Å². The summed E-state index contributed by atoms with van der Waals surface area (Å²) >= 11 is 9.97. The zero-order valence-corrected chi connectivity index (χ0v) is 17.3. The maximum absolute atomic E-state index is 11.4. The Morgan fingerprint density at radius 1 is 0.913 bits per heavy atom. The first-order chi connectivity index (χ1) is 11.0. The van der Waals surface area contributed by atoms with E-state index in [1.165, 1.54) is 0 Å². The van der Waals surface area contributed by atoms with E-state index in [1.54, 1.807) is 0 Å². The number of nitrogen functional groups attached to an aromatic ring is 1. The highest BCUT2D eigenvalue weighted by atomic mass is 79.9. The molecule has 2 aromatic rings. The summed E-state index contributed by atoms with van der Waals surface area (Å²) in [4.78, 5) is 11.4. The molecule has 0 radical (unpaired) electrons. The van der Waals surface area contributed by atoms with Crippen molar-refractivity contribution in [2.45, 2.75) is 19.3 Å². The van der Waals surface area contributed by atoms with E-state index < -0.39 is 0 Å². The number of benzene rings is 2. The van der Waals surface area contributed by atoms with Crippen molar-refractivity contribution in [3.8, 4) is 0 Å². The molecular formula is C17H19Br3N2O. The summed E-state index contributed by atoms with van der Waals surface area (Å²) < 4.78 is 2.08. The van der Waals surface area contributed by atoms with Crippen LogP contribution in [0, 0.1) is 0 Å². The van der Waals surface area contributed by atoms with E-state index in [4.69, 9.17) is 5.73 Å². The van der Waals surface area contributed by atoms with Gasteiger partial charge < -0.3 is 11.1 Å². The Labute approximate surface area is 162 Å². The van der Waals surface area contributed by atoms with E-state index in [1.807, 2.05) is 48.5 Å². The minimum Gasteiger partial charge on any atom is -0.399 e. The summed E-state index contributed by atoms with van der Waals surface area (Å²) in [5.74, 6) is 0.0817. The number of halogens is 3. The summed E-state index contributed by atoms with van der Waals surface area (Å²) in [5.41, 5.74) is 7.05. The van der Waals surface area contributed by atoms with Crippen LogP contribution in [0.25, 0.3) is 0 Å². The van der Waals surface area contributed by atoms with Crippen LogP contribution in [-0.4, -0.2) is 11.2 Å². The number of hydrogen-bond donors (Lipinski definition) is 2. The molecule has 0 aliphatic carbocycles. The average molecular weight is 507 g/mol. The molecule has 1 amide bonds. The van der Waals surface area contributed by atoms with E-state index in [2.05, 4.69) is 53.1 Å². The normalized spacial score (nSPS) is 9.70. The Kier molecular flexibility index (Phi) is 10.2. The van der Waals surface area contributed by atoms with Crippen LogP contribution in [-0.2, 0) is 4.79 Å². The SMILES string of the molecule is Nc1ccc(Br)cc1.O=C(CCCCBr)Nc1ccc(Br)cc1. The summed E-state index contributed by atoms with van der Waals surface area (Å²) in [7, 11) is 0. The lowest BCUT2D eigenvalue weighted by atomic mass is 10.2. The molecule has 0 saturated heterocycles. The van der Waals surface area contributed by atoms with Gasteiger partial charge in [-0.15, -0.1) is 0 Å². The Morgan fingerprint density at radius 2 is 1.43 bits per heavy atom. The molecule has 6 heteroatoms. The zero-order valence-electron chi connectivity index (χ0n) is 12.6. The molecule has 0 aliphatic heterocycles. The van der Waals surface area contributed by atoms with Crippen LogP contribution in [0.2, 0.25) is 0 Å². The van der Waals surface area contributed by atoms with E-state index >= 15 is 0 Å². The monoisotopic (exact) mass is 504 g/mol. The maximum atomic E-state index is 11.4. The zero-order chi connectivity index (χ0) is 17.1. The van der Waals surface area contributed by atoms with Gasteiger partial charge in [0.15, 0.2) is 0 Å². The van der Waals surface area contributed by atoms with E-state index in [0.29, 0.717) is 6.42 Å². The van der Waals surface area contributed by atoms with Gasteiger partial charge in [-0.2, -0.15) is 0 Å². The van der Waals surface area contributed by atoms with Crippen LogP contribution in [0.3, 0.4) is 0 Å². The minimum absolute atomic E-state index is 0.0817. The highest BCUT2D eigenvalue weighted by Crippen LogP contribution is 2.14. The van der Waals surface area contributed by atoms with Crippen molar-refractivity contribution in [1.82, 2.24) is 0 Å². The van der Waals surface area contributed by atoms with Crippen molar-refractivity contribution in [2.75, 3.05) is 16.4 Å². The van der Waals surface area contributed by atoms with Gasteiger partial charge >= 0.3 is 0 Å². The molecule has 23 heavy (non-hydrogen) atoms. The predicted molar refractivity (Wildman–Crippen MR) is 109 cm³/mol.